The second-order valence-corrected chi connectivity index (χ2v) is 7.89. The van der Waals surface area contributed by atoms with E-state index in [1.54, 1.807) is 17.7 Å². The number of aromatic nitrogens is 2. The number of carbonyl (C=O) groups is 1. The van der Waals surface area contributed by atoms with Crippen LogP contribution in [0.1, 0.15) is 10.4 Å². The highest BCUT2D eigenvalue weighted by Crippen LogP contribution is 2.34. The Bertz CT molecular complexity index is 725. The van der Waals surface area contributed by atoms with Crippen LogP contribution in [0, 0.1) is 19.8 Å². The van der Waals surface area contributed by atoms with Crippen LogP contribution >= 0.6 is 35.5 Å². The standard InChI is InChI=1S/C15H20N4O2S2.ClH/c1-8-9(2)23-15-13(8)14(18-7-19-15)22-6-12(21)17-4-10-3-16-5-11(10)20;/h7,10-11,16,20H,3-6H2,1-2H3,(H,17,21);1H. The van der Waals surface area contributed by atoms with Crippen LogP contribution in [0.2, 0.25) is 0 Å². The maximum atomic E-state index is 12.0. The van der Waals surface area contributed by atoms with Crippen molar-refractivity contribution >= 4 is 51.6 Å². The number of nitrogens with zero attached hydrogens (tertiary/aromatic N) is 2. The molecule has 2 unspecified atom stereocenters. The van der Waals surface area contributed by atoms with E-state index in [9.17, 15) is 9.90 Å². The minimum atomic E-state index is -0.374. The summed E-state index contributed by atoms with van der Waals surface area (Å²) < 4.78 is 0. The molecule has 1 saturated heterocycles. The number of hydrogen-bond acceptors (Lipinski definition) is 7. The fourth-order valence-electron chi connectivity index (χ4n) is 2.62. The lowest BCUT2D eigenvalue weighted by Crippen LogP contribution is -2.35. The van der Waals surface area contributed by atoms with Crippen molar-refractivity contribution in [1.82, 2.24) is 20.6 Å². The molecular formula is C15H21ClN4O2S2. The summed E-state index contributed by atoms with van der Waals surface area (Å²) in [6.07, 6.45) is 1.18. The van der Waals surface area contributed by atoms with Crippen molar-refractivity contribution in [1.29, 1.82) is 0 Å². The van der Waals surface area contributed by atoms with Gasteiger partial charge < -0.3 is 15.7 Å². The number of rotatable bonds is 5. The van der Waals surface area contributed by atoms with Crippen molar-refractivity contribution in [3.8, 4) is 0 Å². The van der Waals surface area contributed by atoms with Gasteiger partial charge in [0, 0.05) is 35.8 Å². The highest BCUT2D eigenvalue weighted by atomic mass is 35.5. The zero-order chi connectivity index (χ0) is 16.4. The Hall–Kier alpha value is -0.930. The molecule has 0 spiro atoms. The molecule has 24 heavy (non-hydrogen) atoms. The fraction of sp³-hybridized carbons (Fsp3) is 0.533. The van der Waals surface area contributed by atoms with E-state index in [2.05, 4.69) is 34.4 Å². The lowest BCUT2D eigenvalue weighted by Gasteiger charge is -2.13. The van der Waals surface area contributed by atoms with Gasteiger partial charge in [0.2, 0.25) is 5.91 Å². The monoisotopic (exact) mass is 388 g/mol. The molecule has 2 aromatic rings. The lowest BCUT2D eigenvalue weighted by molar-refractivity contribution is -0.118. The molecule has 1 fully saturated rings. The van der Waals surface area contributed by atoms with Crippen molar-refractivity contribution in [2.75, 3.05) is 25.4 Å². The van der Waals surface area contributed by atoms with E-state index >= 15 is 0 Å². The number of thioether (sulfide) groups is 1. The summed E-state index contributed by atoms with van der Waals surface area (Å²) >= 11 is 3.09. The number of hydrogen-bond donors (Lipinski definition) is 3. The van der Waals surface area contributed by atoms with Gasteiger partial charge >= 0.3 is 0 Å². The topological polar surface area (TPSA) is 87.1 Å². The molecule has 2 aromatic heterocycles. The van der Waals surface area contributed by atoms with Crippen molar-refractivity contribution in [2.45, 2.75) is 25.0 Å². The first kappa shape index (κ1) is 19.4. The summed E-state index contributed by atoms with van der Waals surface area (Å²) in [5.41, 5.74) is 1.19. The second-order valence-electron chi connectivity index (χ2n) is 5.72. The summed E-state index contributed by atoms with van der Waals surface area (Å²) in [4.78, 5) is 22.9. The van der Waals surface area contributed by atoms with Gasteiger partial charge in [-0.3, -0.25) is 4.79 Å². The zero-order valence-corrected chi connectivity index (χ0v) is 16.0. The van der Waals surface area contributed by atoms with Crippen LogP contribution in [0.15, 0.2) is 11.4 Å². The van der Waals surface area contributed by atoms with Gasteiger partial charge in [-0.25, -0.2) is 9.97 Å². The third kappa shape index (κ3) is 4.18. The molecule has 3 rings (SSSR count). The molecule has 1 aliphatic heterocycles. The average molecular weight is 389 g/mol. The summed E-state index contributed by atoms with van der Waals surface area (Å²) in [5.74, 6) is 0.374. The molecule has 0 bridgehead atoms. The molecule has 3 N–H and O–H groups in total. The average Bonchev–Trinajstić information content (AvgIpc) is 3.07. The molecule has 132 valence electrons. The summed E-state index contributed by atoms with van der Waals surface area (Å²) in [6.45, 7) is 5.99. The number of β-amino-alcohol motifs (C(OH)–C–C–N with tert-alkyl or cyclic N) is 1. The van der Waals surface area contributed by atoms with E-state index in [0.29, 0.717) is 18.8 Å². The Morgan fingerprint density at radius 1 is 1.46 bits per heavy atom. The molecule has 0 radical (unpaired) electrons. The fourth-order valence-corrected chi connectivity index (χ4v) is 4.56. The van der Waals surface area contributed by atoms with Crippen LogP contribution in [-0.4, -0.2) is 52.5 Å². The number of aliphatic hydroxyl groups is 1. The molecular weight excluding hydrogens is 368 g/mol. The van der Waals surface area contributed by atoms with E-state index < -0.39 is 0 Å². The number of aryl methyl sites for hydroxylation is 2. The molecule has 0 aromatic carbocycles. The van der Waals surface area contributed by atoms with Crippen LogP contribution in [0.3, 0.4) is 0 Å². The van der Waals surface area contributed by atoms with Gasteiger partial charge in [0.1, 0.15) is 16.2 Å². The van der Waals surface area contributed by atoms with Gasteiger partial charge in [-0.1, -0.05) is 11.8 Å². The molecule has 2 atom stereocenters. The molecule has 1 aliphatic rings. The first-order valence-corrected chi connectivity index (χ1v) is 9.35. The first-order chi connectivity index (χ1) is 11.1. The number of fused-ring (bicyclic) bond motifs is 1. The van der Waals surface area contributed by atoms with Crippen molar-refractivity contribution in [2.24, 2.45) is 5.92 Å². The molecule has 9 heteroatoms. The van der Waals surface area contributed by atoms with Crippen molar-refractivity contribution < 1.29 is 9.90 Å². The molecule has 0 aliphatic carbocycles. The number of carbonyl (C=O) groups excluding carboxylic acids is 1. The van der Waals surface area contributed by atoms with E-state index in [1.165, 1.54) is 22.2 Å². The minimum Gasteiger partial charge on any atom is -0.391 e. The largest absolute Gasteiger partial charge is 0.391 e. The van der Waals surface area contributed by atoms with Crippen LogP contribution < -0.4 is 10.6 Å². The summed E-state index contributed by atoms with van der Waals surface area (Å²) in [7, 11) is 0. The molecule has 1 amide bonds. The minimum absolute atomic E-state index is 0. The van der Waals surface area contributed by atoms with Gasteiger partial charge in [0.05, 0.1) is 11.9 Å². The predicted octanol–water partition coefficient (Wildman–Crippen LogP) is 1.52. The van der Waals surface area contributed by atoms with Gasteiger partial charge in [-0.05, 0) is 19.4 Å². The smallest absolute Gasteiger partial charge is 0.230 e. The predicted molar refractivity (Wildman–Crippen MR) is 100 cm³/mol. The number of halogens is 1. The maximum Gasteiger partial charge on any atom is 0.230 e. The highest BCUT2D eigenvalue weighted by molar-refractivity contribution is 8.00. The number of thiophene rings is 1. The Labute approximate surface area is 155 Å². The Balaban J connectivity index is 0.00000208. The summed E-state index contributed by atoms with van der Waals surface area (Å²) in [6, 6.07) is 0. The third-order valence-corrected chi connectivity index (χ3v) is 6.24. The quantitative estimate of drug-likeness (QED) is 0.531. The van der Waals surface area contributed by atoms with E-state index in [-0.39, 0.29) is 30.3 Å². The highest BCUT2D eigenvalue weighted by Gasteiger charge is 2.25. The second kappa shape index (κ2) is 8.44. The zero-order valence-electron chi connectivity index (χ0n) is 13.5. The van der Waals surface area contributed by atoms with E-state index in [4.69, 9.17) is 0 Å². The lowest BCUT2D eigenvalue weighted by atomic mass is 10.1. The van der Waals surface area contributed by atoms with Crippen molar-refractivity contribution in [3.63, 3.8) is 0 Å². The van der Waals surface area contributed by atoms with Gasteiger partial charge in [0.25, 0.3) is 0 Å². The Kier molecular flexibility index (Phi) is 6.82. The van der Waals surface area contributed by atoms with Gasteiger partial charge in [-0.2, -0.15) is 0 Å². The van der Waals surface area contributed by atoms with Gasteiger partial charge in [-0.15, -0.1) is 23.7 Å². The van der Waals surface area contributed by atoms with Crippen molar-refractivity contribution in [3.05, 3.63) is 16.8 Å². The first-order valence-electron chi connectivity index (χ1n) is 7.55. The molecule has 6 nitrogen and oxygen atoms in total. The van der Waals surface area contributed by atoms with E-state index in [0.717, 1.165) is 21.8 Å². The van der Waals surface area contributed by atoms with Gasteiger partial charge in [0.15, 0.2) is 0 Å². The normalized spacial score (nSPS) is 20.1. The molecule has 3 heterocycles. The molecule has 0 saturated carbocycles. The Morgan fingerprint density at radius 3 is 2.96 bits per heavy atom. The number of aliphatic hydroxyl groups excluding tert-OH is 1. The number of nitrogens with one attached hydrogen (secondary N) is 2. The maximum absolute atomic E-state index is 12.0. The van der Waals surface area contributed by atoms with Crippen LogP contribution in [-0.2, 0) is 4.79 Å². The number of amides is 1. The van der Waals surface area contributed by atoms with Crippen LogP contribution in [0.5, 0.6) is 0 Å². The van der Waals surface area contributed by atoms with Crippen LogP contribution in [0.25, 0.3) is 10.2 Å². The van der Waals surface area contributed by atoms with Crippen LogP contribution in [0.4, 0.5) is 0 Å². The van der Waals surface area contributed by atoms with E-state index in [1.807, 2.05) is 0 Å². The third-order valence-electron chi connectivity index (χ3n) is 4.14. The SMILES string of the molecule is Cc1sc2ncnc(SCC(=O)NCC3CNCC3O)c2c1C.Cl. The Morgan fingerprint density at radius 2 is 2.25 bits per heavy atom. The summed E-state index contributed by atoms with van der Waals surface area (Å²) in [5, 5.41) is 17.6.